The van der Waals surface area contributed by atoms with Crippen molar-refractivity contribution < 1.29 is 19.1 Å². The summed E-state index contributed by atoms with van der Waals surface area (Å²) >= 11 is 0. The molecule has 3 rings (SSSR count). The highest BCUT2D eigenvalue weighted by Gasteiger charge is 2.27. The Balaban J connectivity index is 1.38. The van der Waals surface area contributed by atoms with Gasteiger partial charge >= 0.3 is 0 Å². The Morgan fingerprint density at radius 1 is 1.14 bits per heavy atom. The normalized spacial score (nSPS) is 16.4. The van der Waals surface area contributed by atoms with Crippen molar-refractivity contribution in [2.75, 3.05) is 33.5 Å². The molecule has 0 aliphatic carbocycles. The number of benzene rings is 2. The van der Waals surface area contributed by atoms with E-state index in [9.17, 15) is 9.59 Å². The molecule has 1 aliphatic rings. The molecule has 1 fully saturated rings. The third-order valence-electron chi connectivity index (χ3n) is 4.83. The van der Waals surface area contributed by atoms with E-state index in [1.165, 1.54) is 10.5 Å². The summed E-state index contributed by atoms with van der Waals surface area (Å²) in [5, 5.41) is 6.10. The van der Waals surface area contributed by atoms with Crippen molar-refractivity contribution in [2.45, 2.75) is 19.4 Å². The van der Waals surface area contributed by atoms with Gasteiger partial charge in [-0.1, -0.05) is 29.8 Å². The molecule has 0 spiro atoms. The minimum absolute atomic E-state index is 0.0334. The Morgan fingerprint density at radius 3 is 2.48 bits per heavy atom. The molecule has 1 atom stereocenters. The molecule has 2 N–H and O–H groups in total. The summed E-state index contributed by atoms with van der Waals surface area (Å²) in [4.78, 5) is 26.1. The standard InChI is InChI=1S/C22H27N3O4/c1-16-3-7-19(8-4-16)29-12-11-23-21(26)14-25-15-24-20(13-22(25)27)17-5-9-18(28-2)10-6-17/h3-10,20,24H,11-15H2,1-2H3,(H,23,26). The van der Waals surface area contributed by atoms with Crippen LogP contribution in [0.15, 0.2) is 48.5 Å². The van der Waals surface area contributed by atoms with Crippen LogP contribution in [0.4, 0.5) is 0 Å². The van der Waals surface area contributed by atoms with Crippen molar-refractivity contribution in [3.05, 3.63) is 59.7 Å². The zero-order valence-electron chi connectivity index (χ0n) is 16.8. The summed E-state index contributed by atoms with van der Waals surface area (Å²) in [5.41, 5.74) is 2.19. The molecule has 29 heavy (non-hydrogen) atoms. The van der Waals surface area contributed by atoms with Crippen LogP contribution in [-0.2, 0) is 9.59 Å². The topological polar surface area (TPSA) is 79.9 Å². The summed E-state index contributed by atoms with van der Waals surface area (Å²) < 4.78 is 10.7. The van der Waals surface area contributed by atoms with E-state index < -0.39 is 0 Å². The van der Waals surface area contributed by atoms with E-state index in [0.29, 0.717) is 26.2 Å². The maximum absolute atomic E-state index is 12.4. The van der Waals surface area contributed by atoms with Crippen LogP contribution in [-0.4, -0.2) is 50.2 Å². The number of ether oxygens (including phenoxy) is 2. The second-order valence-electron chi connectivity index (χ2n) is 7.00. The number of nitrogens with one attached hydrogen (secondary N) is 2. The van der Waals surface area contributed by atoms with Gasteiger partial charge in [0.2, 0.25) is 11.8 Å². The number of carbonyl (C=O) groups is 2. The van der Waals surface area contributed by atoms with Crippen molar-refractivity contribution >= 4 is 11.8 Å². The van der Waals surface area contributed by atoms with Crippen molar-refractivity contribution in [3.8, 4) is 11.5 Å². The molecular formula is C22H27N3O4. The zero-order valence-corrected chi connectivity index (χ0v) is 16.8. The highest BCUT2D eigenvalue weighted by Crippen LogP contribution is 2.23. The molecule has 0 bridgehead atoms. The van der Waals surface area contributed by atoms with Crippen LogP contribution in [0, 0.1) is 6.92 Å². The summed E-state index contributed by atoms with van der Waals surface area (Å²) in [5.74, 6) is 1.30. The second kappa shape index (κ2) is 9.93. The lowest BCUT2D eigenvalue weighted by atomic mass is 10.0. The van der Waals surface area contributed by atoms with Gasteiger partial charge in [-0.3, -0.25) is 14.9 Å². The largest absolute Gasteiger partial charge is 0.497 e. The average molecular weight is 397 g/mol. The van der Waals surface area contributed by atoms with Gasteiger partial charge in [0.05, 0.1) is 20.3 Å². The number of nitrogens with zero attached hydrogens (tertiary/aromatic N) is 1. The molecular weight excluding hydrogens is 370 g/mol. The van der Waals surface area contributed by atoms with Gasteiger partial charge < -0.3 is 19.7 Å². The van der Waals surface area contributed by atoms with E-state index >= 15 is 0 Å². The highest BCUT2D eigenvalue weighted by molar-refractivity contribution is 5.85. The predicted molar refractivity (Wildman–Crippen MR) is 110 cm³/mol. The molecule has 2 aromatic carbocycles. The minimum Gasteiger partial charge on any atom is -0.497 e. The Kier molecular flexibility index (Phi) is 7.08. The van der Waals surface area contributed by atoms with Crippen molar-refractivity contribution in [2.24, 2.45) is 0 Å². The fourth-order valence-corrected chi connectivity index (χ4v) is 3.12. The van der Waals surface area contributed by atoms with Gasteiger partial charge in [-0.15, -0.1) is 0 Å². The van der Waals surface area contributed by atoms with E-state index in [1.807, 2.05) is 55.5 Å². The first kappa shape index (κ1) is 20.7. The quantitative estimate of drug-likeness (QED) is 0.666. The molecule has 2 aromatic rings. The first-order valence-corrected chi connectivity index (χ1v) is 9.66. The first-order chi connectivity index (χ1) is 14.0. The van der Waals surface area contributed by atoms with E-state index in [1.54, 1.807) is 7.11 Å². The number of carbonyl (C=O) groups excluding carboxylic acids is 2. The number of aryl methyl sites for hydroxylation is 1. The molecule has 0 aromatic heterocycles. The lowest BCUT2D eigenvalue weighted by Crippen LogP contribution is -2.50. The predicted octanol–water partition coefficient (Wildman–Crippen LogP) is 2.02. The minimum atomic E-state index is -0.199. The van der Waals surface area contributed by atoms with Crippen molar-refractivity contribution in [3.63, 3.8) is 0 Å². The smallest absolute Gasteiger partial charge is 0.239 e. The van der Waals surface area contributed by atoms with Crippen LogP contribution in [0.25, 0.3) is 0 Å². The third kappa shape index (κ3) is 5.96. The Hall–Kier alpha value is -3.06. The Morgan fingerprint density at radius 2 is 1.83 bits per heavy atom. The fourth-order valence-electron chi connectivity index (χ4n) is 3.12. The van der Waals surface area contributed by atoms with Gasteiger partial charge in [-0.05, 0) is 36.8 Å². The number of rotatable bonds is 8. The molecule has 1 heterocycles. The van der Waals surface area contributed by atoms with Gasteiger partial charge in [0.15, 0.2) is 0 Å². The highest BCUT2D eigenvalue weighted by atomic mass is 16.5. The number of methoxy groups -OCH3 is 1. The summed E-state index contributed by atoms with van der Waals surface area (Å²) in [6.07, 6.45) is 0.316. The molecule has 154 valence electrons. The average Bonchev–Trinajstić information content (AvgIpc) is 2.74. The Bertz CT molecular complexity index is 821. The third-order valence-corrected chi connectivity index (χ3v) is 4.83. The molecule has 7 nitrogen and oxygen atoms in total. The SMILES string of the molecule is COc1ccc(C2CC(=O)N(CC(=O)NCCOc3ccc(C)cc3)CN2)cc1. The molecule has 1 unspecified atom stereocenters. The lowest BCUT2D eigenvalue weighted by molar-refractivity contribution is -0.139. The summed E-state index contributed by atoms with van der Waals surface area (Å²) in [6.45, 7) is 3.14. The Labute approximate surface area is 171 Å². The summed E-state index contributed by atoms with van der Waals surface area (Å²) in [7, 11) is 1.62. The first-order valence-electron chi connectivity index (χ1n) is 9.66. The van der Waals surface area contributed by atoms with E-state index in [2.05, 4.69) is 10.6 Å². The molecule has 0 radical (unpaired) electrons. The van der Waals surface area contributed by atoms with Crippen molar-refractivity contribution in [1.29, 1.82) is 0 Å². The van der Waals surface area contributed by atoms with Crippen LogP contribution in [0.1, 0.15) is 23.6 Å². The number of hydrogen-bond donors (Lipinski definition) is 2. The number of amides is 2. The fraction of sp³-hybridized carbons (Fsp3) is 0.364. The van der Waals surface area contributed by atoms with Crippen LogP contribution < -0.4 is 20.1 Å². The van der Waals surface area contributed by atoms with Gasteiger partial charge in [-0.25, -0.2) is 0 Å². The molecule has 0 saturated carbocycles. The van der Waals surface area contributed by atoms with E-state index in [-0.39, 0.29) is 24.4 Å². The van der Waals surface area contributed by atoms with Gasteiger partial charge in [0.25, 0.3) is 0 Å². The molecule has 7 heteroatoms. The monoisotopic (exact) mass is 397 g/mol. The maximum atomic E-state index is 12.4. The number of hydrogen-bond acceptors (Lipinski definition) is 5. The van der Waals surface area contributed by atoms with Crippen LogP contribution >= 0.6 is 0 Å². The molecule has 1 saturated heterocycles. The molecule has 2 amide bonds. The lowest BCUT2D eigenvalue weighted by Gasteiger charge is -2.32. The van der Waals surface area contributed by atoms with E-state index in [4.69, 9.17) is 9.47 Å². The van der Waals surface area contributed by atoms with E-state index in [0.717, 1.165) is 17.1 Å². The van der Waals surface area contributed by atoms with Gasteiger partial charge in [-0.2, -0.15) is 0 Å². The molecule has 1 aliphatic heterocycles. The van der Waals surface area contributed by atoms with Crippen LogP contribution in [0.2, 0.25) is 0 Å². The summed E-state index contributed by atoms with van der Waals surface area (Å²) in [6, 6.07) is 15.3. The van der Waals surface area contributed by atoms with Crippen LogP contribution in [0.3, 0.4) is 0 Å². The van der Waals surface area contributed by atoms with Gasteiger partial charge in [0.1, 0.15) is 24.7 Å². The van der Waals surface area contributed by atoms with Gasteiger partial charge in [0, 0.05) is 12.5 Å². The maximum Gasteiger partial charge on any atom is 0.239 e. The van der Waals surface area contributed by atoms with Crippen LogP contribution in [0.5, 0.6) is 11.5 Å². The zero-order chi connectivity index (χ0) is 20.6. The second-order valence-corrected chi connectivity index (χ2v) is 7.00. The van der Waals surface area contributed by atoms with Crippen molar-refractivity contribution in [1.82, 2.24) is 15.5 Å².